The Kier molecular flexibility index (Phi) is 5.76. The van der Waals surface area contributed by atoms with E-state index in [-0.39, 0.29) is 6.54 Å². The molecule has 2 amide bonds. The predicted octanol–water partition coefficient (Wildman–Crippen LogP) is 1.08. The maximum atomic E-state index is 11.4. The lowest BCUT2D eigenvalue weighted by Gasteiger charge is -2.06. The van der Waals surface area contributed by atoms with E-state index in [0.717, 1.165) is 6.08 Å². The third-order valence-electron chi connectivity index (χ3n) is 2.21. The second-order valence-corrected chi connectivity index (χ2v) is 3.68. The lowest BCUT2D eigenvalue weighted by atomic mass is 10.2. The van der Waals surface area contributed by atoms with Crippen LogP contribution in [0.4, 0.5) is 10.5 Å². The van der Waals surface area contributed by atoms with Crippen molar-refractivity contribution in [1.29, 1.82) is 0 Å². The predicted molar refractivity (Wildman–Crippen MR) is 72.1 cm³/mol. The Bertz CT molecular complexity index is 522. The van der Waals surface area contributed by atoms with Gasteiger partial charge in [0.15, 0.2) is 0 Å². The van der Waals surface area contributed by atoms with E-state index in [4.69, 9.17) is 5.11 Å². The molecule has 1 rings (SSSR count). The number of carboxylic acids is 1. The zero-order valence-corrected chi connectivity index (χ0v) is 10.8. The van der Waals surface area contributed by atoms with E-state index in [9.17, 15) is 14.4 Å². The van der Waals surface area contributed by atoms with E-state index in [2.05, 4.69) is 15.4 Å². The van der Waals surface area contributed by atoms with Gasteiger partial charge in [0.25, 0.3) is 0 Å². The summed E-state index contributed by atoms with van der Waals surface area (Å²) < 4.78 is 4.38. The number of carboxylic acid groups (broad SMARTS) is 1. The van der Waals surface area contributed by atoms with Crippen molar-refractivity contribution in [2.75, 3.05) is 19.0 Å². The van der Waals surface area contributed by atoms with Crippen LogP contribution in [-0.4, -0.2) is 36.7 Å². The lowest BCUT2D eigenvalue weighted by molar-refractivity contribution is -0.139. The van der Waals surface area contributed by atoms with E-state index < -0.39 is 18.0 Å². The van der Waals surface area contributed by atoms with E-state index in [1.807, 2.05) is 0 Å². The molecule has 0 atom stereocenters. The van der Waals surface area contributed by atoms with Crippen molar-refractivity contribution in [3.63, 3.8) is 0 Å². The number of urea groups is 1. The maximum absolute atomic E-state index is 11.4. The maximum Gasteiger partial charge on any atom is 0.328 e. The van der Waals surface area contributed by atoms with Crippen LogP contribution in [0.2, 0.25) is 0 Å². The fraction of sp³-hybridized carbons (Fsp3) is 0.154. The number of benzene rings is 1. The van der Waals surface area contributed by atoms with Gasteiger partial charge in [0.1, 0.15) is 6.54 Å². The lowest BCUT2D eigenvalue weighted by Crippen LogP contribution is -2.33. The summed E-state index contributed by atoms with van der Waals surface area (Å²) in [6.07, 6.45) is 2.45. The topological polar surface area (TPSA) is 105 Å². The molecule has 0 bridgehead atoms. The van der Waals surface area contributed by atoms with Gasteiger partial charge in [-0.3, -0.25) is 4.79 Å². The molecule has 0 saturated heterocycles. The van der Waals surface area contributed by atoms with Crippen molar-refractivity contribution in [3.8, 4) is 0 Å². The molecule has 0 aliphatic rings. The molecule has 20 heavy (non-hydrogen) atoms. The quantitative estimate of drug-likeness (QED) is 0.552. The molecule has 0 radical (unpaired) electrons. The number of hydrogen-bond donors (Lipinski definition) is 3. The van der Waals surface area contributed by atoms with Crippen LogP contribution in [-0.2, 0) is 14.3 Å². The van der Waals surface area contributed by atoms with Gasteiger partial charge < -0.3 is 20.5 Å². The van der Waals surface area contributed by atoms with Crippen molar-refractivity contribution < 1.29 is 24.2 Å². The van der Waals surface area contributed by atoms with E-state index in [0.29, 0.717) is 11.3 Å². The molecular weight excluding hydrogens is 264 g/mol. The number of anilines is 1. The number of amides is 2. The highest BCUT2D eigenvalue weighted by Gasteiger charge is 2.04. The monoisotopic (exact) mass is 278 g/mol. The van der Waals surface area contributed by atoms with Gasteiger partial charge in [-0.15, -0.1) is 0 Å². The number of methoxy groups -OCH3 is 1. The van der Waals surface area contributed by atoms with Crippen LogP contribution in [0, 0.1) is 0 Å². The minimum absolute atomic E-state index is 0.220. The van der Waals surface area contributed by atoms with Gasteiger partial charge in [0, 0.05) is 11.8 Å². The zero-order valence-electron chi connectivity index (χ0n) is 10.8. The third-order valence-corrected chi connectivity index (χ3v) is 2.21. The molecule has 7 heteroatoms. The van der Waals surface area contributed by atoms with Crippen LogP contribution in [0.3, 0.4) is 0 Å². The number of rotatable bonds is 5. The van der Waals surface area contributed by atoms with Gasteiger partial charge in [-0.25, -0.2) is 9.59 Å². The molecule has 1 aromatic rings. The number of aliphatic carboxylic acids is 1. The number of hydrogen-bond acceptors (Lipinski definition) is 4. The Morgan fingerprint density at radius 1 is 1.25 bits per heavy atom. The minimum atomic E-state index is -1.03. The van der Waals surface area contributed by atoms with Crippen LogP contribution in [0.5, 0.6) is 0 Å². The normalized spacial score (nSPS) is 10.1. The highest BCUT2D eigenvalue weighted by Crippen LogP contribution is 2.10. The first-order valence-corrected chi connectivity index (χ1v) is 5.64. The largest absolute Gasteiger partial charge is 0.478 e. The third kappa shape index (κ3) is 5.67. The summed E-state index contributed by atoms with van der Waals surface area (Å²) >= 11 is 0. The summed E-state index contributed by atoms with van der Waals surface area (Å²) in [7, 11) is 1.23. The fourth-order valence-corrected chi connectivity index (χ4v) is 1.24. The van der Waals surface area contributed by atoms with E-state index in [1.165, 1.54) is 13.2 Å². The Morgan fingerprint density at radius 2 is 1.90 bits per heavy atom. The first-order chi connectivity index (χ1) is 9.51. The molecule has 0 aromatic heterocycles. The average Bonchev–Trinajstić information content (AvgIpc) is 2.44. The summed E-state index contributed by atoms with van der Waals surface area (Å²) in [6.45, 7) is -0.220. The van der Waals surface area contributed by atoms with Gasteiger partial charge in [0.05, 0.1) is 7.11 Å². The SMILES string of the molecule is COC(=O)CNC(=O)Nc1ccc(/C=C/C(=O)O)cc1. The molecule has 1 aromatic carbocycles. The van der Waals surface area contributed by atoms with Gasteiger partial charge >= 0.3 is 18.0 Å². The Labute approximate surface area is 115 Å². The van der Waals surface area contributed by atoms with Gasteiger partial charge in [-0.1, -0.05) is 12.1 Å². The molecule has 7 nitrogen and oxygen atoms in total. The smallest absolute Gasteiger partial charge is 0.328 e. The first-order valence-electron chi connectivity index (χ1n) is 5.64. The number of ether oxygens (including phenoxy) is 1. The van der Waals surface area contributed by atoms with Crippen molar-refractivity contribution >= 4 is 29.7 Å². The van der Waals surface area contributed by atoms with Gasteiger partial charge in [-0.05, 0) is 23.8 Å². The fourth-order valence-electron chi connectivity index (χ4n) is 1.24. The number of carbonyl (C=O) groups excluding carboxylic acids is 2. The molecule has 0 aliphatic carbocycles. The molecule has 0 saturated carbocycles. The number of carbonyl (C=O) groups is 3. The highest BCUT2D eigenvalue weighted by molar-refractivity contribution is 5.91. The number of esters is 1. The number of nitrogens with one attached hydrogen (secondary N) is 2. The van der Waals surface area contributed by atoms with Crippen LogP contribution in [0.25, 0.3) is 6.08 Å². The van der Waals surface area contributed by atoms with Crippen LogP contribution in [0.15, 0.2) is 30.3 Å². The van der Waals surface area contributed by atoms with Crippen LogP contribution >= 0.6 is 0 Å². The highest BCUT2D eigenvalue weighted by atomic mass is 16.5. The van der Waals surface area contributed by atoms with Crippen LogP contribution < -0.4 is 10.6 Å². The standard InChI is InChI=1S/C13H14N2O5/c1-20-12(18)8-14-13(19)15-10-5-2-9(3-6-10)4-7-11(16)17/h2-7H,8H2,1H3,(H,16,17)(H2,14,15,19)/b7-4+. The molecule has 0 fully saturated rings. The molecule has 0 aliphatic heterocycles. The summed E-state index contributed by atoms with van der Waals surface area (Å²) in [6, 6.07) is 5.98. The second-order valence-electron chi connectivity index (χ2n) is 3.68. The molecule has 3 N–H and O–H groups in total. The van der Waals surface area contributed by atoms with Crippen molar-refractivity contribution in [3.05, 3.63) is 35.9 Å². The Hall–Kier alpha value is -2.83. The second kappa shape index (κ2) is 7.57. The molecule has 0 heterocycles. The molecular formula is C13H14N2O5. The minimum Gasteiger partial charge on any atom is -0.478 e. The molecule has 0 unspecified atom stereocenters. The molecule has 0 spiro atoms. The zero-order chi connectivity index (χ0) is 15.0. The summed E-state index contributed by atoms with van der Waals surface area (Å²) in [5.41, 5.74) is 1.20. The van der Waals surface area contributed by atoms with Gasteiger partial charge in [-0.2, -0.15) is 0 Å². The summed E-state index contributed by atoms with van der Waals surface area (Å²) in [5, 5.41) is 13.3. The Morgan fingerprint density at radius 3 is 2.45 bits per heavy atom. The van der Waals surface area contributed by atoms with Crippen molar-refractivity contribution in [2.45, 2.75) is 0 Å². The van der Waals surface area contributed by atoms with Crippen LogP contribution in [0.1, 0.15) is 5.56 Å². The van der Waals surface area contributed by atoms with Crippen molar-refractivity contribution in [2.24, 2.45) is 0 Å². The van der Waals surface area contributed by atoms with E-state index >= 15 is 0 Å². The van der Waals surface area contributed by atoms with Gasteiger partial charge in [0.2, 0.25) is 0 Å². The summed E-state index contributed by atoms with van der Waals surface area (Å²) in [5.74, 6) is -1.58. The van der Waals surface area contributed by atoms with Crippen molar-refractivity contribution in [1.82, 2.24) is 5.32 Å². The summed E-state index contributed by atoms with van der Waals surface area (Å²) in [4.78, 5) is 32.6. The molecule has 106 valence electrons. The first kappa shape index (κ1) is 15.2. The van der Waals surface area contributed by atoms with E-state index in [1.54, 1.807) is 24.3 Å². The Balaban J connectivity index is 2.50. The average molecular weight is 278 g/mol.